The smallest absolute Gasteiger partial charge is 0.299 e. The second-order valence-electron chi connectivity index (χ2n) is 1.15. The molecular weight excluding hydrogens is 108 g/mol. The summed E-state index contributed by atoms with van der Waals surface area (Å²) in [5.74, 6) is -1.12. The topological polar surface area (TPSA) is 61.4 Å². The molecule has 0 aliphatic carbocycles. The van der Waals surface area contributed by atoms with Crippen molar-refractivity contribution in [2.75, 3.05) is 7.05 Å². The molecule has 0 heterocycles. The maximum Gasteiger partial charge on any atom is 0.299 e. The molecule has 0 spiro atoms. The molecule has 0 rings (SSSR count). The van der Waals surface area contributed by atoms with E-state index in [1.807, 2.05) is 0 Å². The van der Waals surface area contributed by atoms with Gasteiger partial charge in [-0.25, -0.2) is 5.43 Å². The summed E-state index contributed by atoms with van der Waals surface area (Å²) in [6, 6.07) is 0. The van der Waals surface area contributed by atoms with E-state index in [0.717, 1.165) is 0 Å². The van der Waals surface area contributed by atoms with Gasteiger partial charge in [0.05, 0.1) is 0 Å². The van der Waals surface area contributed by atoms with E-state index in [-0.39, 0.29) is 0 Å². The highest BCUT2D eigenvalue weighted by Crippen LogP contribution is 1.76. The van der Waals surface area contributed by atoms with Crippen molar-refractivity contribution in [3.63, 3.8) is 0 Å². The van der Waals surface area contributed by atoms with Crippen LogP contribution in [0.5, 0.6) is 0 Å². The minimum atomic E-state index is -0.618. The van der Waals surface area contributed by atoms with Crippen molar-refractivity contribution in [3.05, 3.63) is 12.3 Å². The van der Waals surface area contributed by atoms with Gasteiger partial charge in [-0.2, -0.15) is 0 Å². The Morgan fingerprint density at radius 3 is 2.38 bits per heavy atom. The highest BCUT2D eigenvalue weighted by molar-refractivity contribution is 5.89. The summed E-state index contributed by atoms with van der Waals surface area (Å²) < 4.78 is 0. The molecule has 0 unspecified atom stereocenters. The van der Waals surface area contributed by atoms with Gasteiger partial charge in [-0.05, 0) is 0 Å². The van der Waals surface area contributed by atoms with E-state index >= 15 is 0 Å². The predicted molar refractivity (Wildman–Crippen MR) is 29.0 cm³/mol. The fraction of sp³-hybridized carbons (Fsp3) is 0.250. The number of carbonyl (C=O) groups is 1. The van der Waals surface area contributed by atoms with Crippen LogP contribution in [-0.4, -0.2) is 18.1 Å². The Morgan fingerprint density at radius 1 is 1.75 bits per heavy atom. The lowest BCUT2D eigenvalue weighted by Crippen LogP contribution is -2.34. The van der Waals surface area contributed by atoms with Crippen LogP contribution >= 0.6 is 0 Å². The summed E-state index contributed by atoms with van der Waals surface area (Å²) in [4.78, 5) is 10.2. The van der Waals surface area contributed by atoms with Gasteiger partial charge in [0, 0.05) is 7.05 Å². The molecule has 0 aromatic carbocycles. The molecule has 46 valence electrons. The van der Waals surface area contributed by atoms with E-state index in [1.54, 1.807) is 0 Å². The molecule has 0 aliphatic heterocycles. The molecule has 0 atom stereocenters. The normalized spacial score (nSPS) is 8.12. The Hall–Kier alpha value is -1.03. The number of amides is 1. The molecule has 0 radical (unpaired) electrons. The number of aliphatic hydroxyl groups excluding tert-OH is 1. The molecular formula is C4H8N2O2. The van der Waals surface area contributed by atoms with Crippen molar-refractivity contribution >= 4 is 5.91 Å². The molecule has 0 aromatic heterocycles. The first-order valence-corrected chi connectivity index (χ1v) is 2.03. The van der Waals surface area contributed by atoms with E-state index in [1.165, 1.54) is 7.05 Å². The van der Waals surface area contributed by atoms with Gasteiger partial charge in [-0.3, -0.25) is 10.2 Å². The van der Waals surface area contributed by atoms with Crippen LogP contribution in [0.2, 0.25) is 0 Å². The third-order valence-corrected chi connectivity index (χ3v) is 0.501. The number of hydrazine groups is 1. The molecule has 0 aromatic rings. The van der Waals surface area contributed by atoms with Crippen molar-refractivity contribution < 1.29 is 9.90 Å². The van der Waals surface area contributed by atoms with E-state index in [2.05, 4.69) is 17.4 Å². The second kappa shape index (κ2) is 3.04. The molecule has 0 bridgehead atoms. The van der Waals surface area contributed by atoms with E-state index < -0.39 is 11.7 Å². The lowest BCUT2D eigenvalue weighted by atomic mass is 10.5. The van der Waals surface area contributed by atoms with Gasteiger partial charge in [0.1, 0.15) is 0 Å². The molecule has 4 heteroatoms. The van der Waals surface area contributed by atoms with Gasteiger partial charge >= 0.3 is 0 Å². The van der Waals surface area contributed by atoms with Crippen LogP contribution in [-0.2, 0) is 4.79 Å². The minimum Gasteiger partial charge on any atom is -0.503 e. The number of hydrogen-bond donors (Lipinski definition) is 3. The molecule has 0 saturated heterocycles. The summed E-state index contributed by atoms with van der Waals surface area (Å²) >= 11 is 0. The third-order valence-electron chi connectivity index (χ3n) is 0.501. The number of rotatable bonds is 2. The lowest BCUT2D eigenvalue weighted by Gasteiger charge is -1.97. The van der Waals surface area contributed by atoms with Crippen LogP contribution in [0, 0.1) is 0 Å². The first-order chi connectivity index (χ1) is 3.68. The van der Waals surface area contributed by atoms with Crippen LogP contribution < -0.4 is 10.9 Å². The maximum atomic E-state index is 10.2. The van der Waals surface area contributed by atoms with Crippen LogP contribution in [0.4, 0.5) is 0 Å². The fourth-order valence-electron chi connectivity index (χ4n) is 0.186. The zero-order valence-electron chi connectivity index (χ0n) is 4.56. The SMILES string of the molecule is C=C(O)C(=O)NNC. The van der Waals surface area contributed by atoms with Crippen molar-refractivity contribution in [2.24, 2.45) is 0 Å². The third kappa shape index (κ3) is 2.20. The number of nitrogens with one attached hydrogen (secondary N) is 2. The highest BCUT2D eigenvalue weighted by atomic mass is 16.3. The molecule has 3 N–H and O–H groups in total. The molecule has 4 nitrogen and oxygen atoms in total. The highest BCUT2D eigenvalue weighted by Gasteiger charge is 1.98. The van der Waals surface area contributed by atoms with E-state index in [0.29, 0.717) is 0 Å². The van der Waals surface area contributed by atoms with Crippen LogP contribution in [0.3, 0.4) is 0 Å². The molecule has 1 amide bonds. The quantitative estimate of drug-likeness (QED) is 0.254. The predicted octanol–water partition coefficient (Wildman–Crippen LogP) is -0.691. The Bertz CT molecular complexity index is 111. The minimum absolute atomic E-state index is 0.501. The zero-order valence-corrected chi connectivity index (χ0v) is 4.56. The van der Waals surface area contributed by atoms with Crippen molar-refractivity contribution in [3.8, 4) is 0 Å². The van der Waals surface area contributed by atoms with Gasteiger partial charge in [0.2, 0.25) is 0 Å². The summed E-state index contributed by atoms with van der Waals surface area (Å²) in [5, 5.41) is 8.31. The summed E-state index contributed by atoms with van der Waals surface area (Å²) in [7, 11) is 1.51. The monoisotopic (exact) mass is 116 g/mol. The number of aliphatic hydroxyl groups is 1. The Morgan fingerprint density at radius 2 is 2.25 bits per heavy atom. The first-order valence-electron chi connectivity index (χ1n) is 2.03. The Kier molecular flexibility index (Phi) is 2.64. The second-order valence-corrected chi connectivity index (χ2v) is 1.15. The van der Waals surface area contributed by atoms with Crippen molar-refractivity contribution in [2.45, 2.75) is 0 Å². The van der Waals surface area contributed by atoms with E-state index in [9.17, 15) is 4.79 Å². The van der Waals surface area contributed by atoms with E-state index in [4.69, 9.17) is 5.11 Å². The molecule has 0 saturated carbocycles. The fourth-order valence-corrected chi connectivity index (χ4v) is 0.186. The molecule has 0 fully saturated rings. The van der Waals surface area contributed by atoms with Gasteiger partial charge in [-0.15, -0.1) is 0 Å². The van der Waals surface area contributed by atoms with Crippen molar-refractivity contribution in [1.82, 2.24) is 10.9 Å². The molecule has 8 heavy (non-hydrogen) atoms. The zero-order chi connectivity index (χ0) is 6.57. The van der Waals surface area contributed by atoms with Crippen LogP contribution in [0.15, 0.2) is 12.3 Å². The summed E-state index contributed by atoms with van der Waals surface area (Å²) in [6.07, 6.45) is 0. The average Bonchev–Trinajstić information content (AvgIpc) is 1.67. The summed E-state index contributed by atoms with van der Waals surface area (Å²) in [5.41, 5.74) is 4.43. The number of hydrogen-bond acceptors (Lipinski definition) is 3. The molecule has 0 aliphatic rings. The summed E-state index contributed by atoms with van der Waals surface area (Å²) in [6.45, 7) is 2.98. The Labute approximate surface area is 47.2 Å². The first kappa shape index (κ1) is 6.97. The van der Waals surface area contributed by atoms with Crippen LogP contribution in [0.1, 0.15) is 0 Å². The van der Waals surface area contributed by atoms with Crippen molar-refractivity contribution in [1.29, 1.82) is 0 Å². The maximum absolute atomic E-state index is 10.2. The van der Waals surface area contributed by atoms with Gasteiger partial charge in [0.15, 0.2) is 5.76 Å². The van der Waals surface area contributed by atoms with Gasteiger partial charge < -0.3 is 5.11 Å². The standard InChI is InChI=1S/C4H8N2O2/c1-3(7)4(8)6-5-2/h5,7H,1H2,2H3,(H,6,8). The van der Waals surface area contributed by atoms with Gasteiger partial charge in [-0.1, -0.05) is 6.58 Å². The largest absolute Gasteiger partial charge is 0.503 e. The van der Waals surface area contributed by atoms with Gasteiger partial charge in [0.25, 0.3) is 5.91 Å². The van der Waals surface area contributed by atoms with Crippen LogP contribution in [0.25, 0.3) is 0 Å². The number of carbonyl (C=O) groups excluding carboxylic acids is 1. The average molecular weight is 116 g/mol. The lowest BCUT2D eigenvalue weighted by molar-refractivity contribution is -0.120. The Balaban J connectivity index is 3.49.